The van der Waals surface area contributed by atoms with Crippen molar-refractivity contribution in [2.24, 2.45) is 7.05 Å². The Morgan fingerprint density at radius 2 is 1.96 bits per heavy atom. The molecule has 2 aliphatic heterocycles. The standard InChI is InChI=1S/C18H28N4O5S/c1-18(2,3)27-17(24)22-8-6-14-13(10-22)15(21(5)19-14)16(23)20(4)12-7-9-28(25,26)11-12/h12H,6-11H2,1-5H3. The maximum atomic E-state index is 13.1. The summed E-state index contributed by atoms with van der Waals surface area (Å²) in [5.74, 6) is -0.186. The number of hydrogen-bond donors (Lipinski definition) is 0. The van der Waals surface area contributed by atoms with Gasteiger partial charge in [0.15, 0.2) is 9.84 Å². The fourth-order valence-electron chi connectivity index (χ4n) is 3.66. The topological polar surface area (TPSA) is 102 Å². The van der Waals surface area contributed by atoms with Crippen molar-refractivity contribution in [2.45, 2.75) is 51.8 Å². The molecule has 1 aromatic rings. The van der Waals surface area contributed by atoms with Crippen LogP contribution in [0.25, 0.3) is 0 Å². The molecule has 0 saturated carbocycles. The van der Waals surface area contributed by atoms with E-state index < -0.39 is 21.5 Å². The highest BCUT2D eigenvalue weighted by Crippen LogP contribution is 2.26. The molecular formula is C18H28N4O5S. The minimum atomic E-state index is -3.09. The van der Waals surface area contributed by atoms with Crippen LogP contribution in [-0.4, -0.2) is 76.7 Å². The van der Waals surface area contributed by atoms with Crippen molar-refractivity contribution >= 4 is 21.8 Å². The van der Waals surface area contributed by atoms with Gasteiger partial charge in [0, 0.05) is 38.7 Å². The van der Waals surface area contributed by atoms with Crippen LogP contribution in [0.3, 0.4) is 0 Å². The summed E-state index contributed by atoms with van der Waals surface area (Å²) in [5.41, 5.74) is 1.30. The monoisotopic (exact) mass is 412 g/mol. The molecule has 1 atom stereocenters. The van der Waals surface area contributed by atoms with Crippen LogP contribution >= 0.6 is 0 Å². The van der Waals surface area contributed by atoms with Crippen LogP contribution < -0.4 is 0 Å². The largest absolute Gasteiger partial charge is 0.444 e. The van der Waals surface area contributed by atoms with Gasteiger partial charge in [0.05, 0.1) is 23.7 Å². The molecule has 10 heteroatoms. The number of carbonyl (C=O) groups is 2. The number of aromatic nitrogens is 2. The predicted octanol–water partition coefficient (Wildman–Crippen LogP) is 0.972. The molecule has 1 saturated heterocycles. The summed E-state index contributed by atoms with van der Waals surface area (Å²) in [6.45, 7) is 6.15. The van der Waals surface area contributed by atoms with Gasteiger partial charge in [-0.2, -0.15) is 5.10 Å². The van der Waals surface area contributed by atoms with E-state index in [0.717, 1.165) is 5.69 Å². The minimum absolute atomic E-state index is 0.0146. The zero-order valence-corrected chi connectivity index (χ0v) is 17.9. The second-order valence-corrected chi connectivity index (χ2v) is 10.8. The molecule has 156 valence electrons. The number of fused-ring (bicyclic) bond motifs is 1. The number of hydrogen-bond acceptors (Lipinski definition) is 6. The Balaban J connectivity index is 1.82. The van der Waals surface area contributed by atoms with E-state index in [0.29, 0.717) is 30.6 Å². The first-order chi connectivity index (χ1) is 12.9. The van der Waals surface area contributed by atoms with Crippen LogP contribution in [-0.2, 0) is 34.6 Å². The van der Waals surface area contributed by atoms with Crippen LogP contribution in [0.2, 0.25) is 0 Å². The lowest BCUT2D eigenvalue weighted by molar-refractivity contribution is 0.0222. The predicted molar refractivity (Wildman–Crippen MR) is 103 cm³/mol. The van der Waals surface area contributed by atoms with E-state index in [2.05, 4.69) is 5.10 Å². The van der Waals surface area contributed by atoms with Crippen molar-refractivity contribution in [3.63, 3.8) is 0 Å². The molecule has 1 aromatic heterocycles. The second kappa shape index (κ2) is 7.06. The summed E-state index contributed by atoms with van der Waals surface area (Å²) < 4.78 is 30.5. The van der Waals surface area contributed by atoms with E-state index in [1.165, 1.54) is 9.58 Å². The molecule has 0 aromatic carbocycles. The SMILES string of the molecule is CN(C(=O)c1c2c(nn1C)CCN(C(=O)OC(C)(C)C)C2)C1CCS(=O)(=O)C1. The number of sulfone groups is 1. The molecule has 2 aliphatic rings. The lowest BCUT2D eigenvalue weighted by Gasteiger charge is -2.30. The van der Waals surface area contributed by atoms with Crippen LogP contribution in [0.4, 0.5) is 4.79 Å². The number of nitrogens with zero attached hydrogens (tertiary/aromatic N) is 4. The van der Waals surface area contributed by atoms with Gasteiger partial charge in [0.2, 0.25) is 0 Å². The summed E-state index contributed by atoms with van der Waals surface area (Å²) in [6, 6.07) is -0.339. The summed E-state index contributed by atoms with van der Waals surface area (Å²) in [4.78, 5) is 28.6. The highest BCUT2D eigenvalue weighted by Gasteiger charge is 2.37. The van der Waals surface area contributed by atoms with Gasteiger partial charge in [0.25, 0.3) is 5.91 Å². The summed E-state index contributed by atoms with van der Waals surface area (Å²) in [6.07, 6.45) is 0.557. The third-order valence-electron chi connectivity index (χ3n) is 5.13. The van der Waals surface area contributed by atoms with Crippen molar-refractivity contribution in [1.29, 1.82) is 0 Å². The lowest BCUT2D eigenvalue weighted by Crippen LogP contribution is -2.41. The molecule has 0 radical (unpaired) electrons. The average Bonchev–Trinajstić information content (AvgIpc) is 3.09. The molecule has 9 nitrogen and oxygen atoms in total. The van der Waals surface area contributed by atoms with E-state index in [1.807, 2.05) is 20.8 Å². The number of aryl methyl sites for hydroxylation is 1. The molecule has 2 amide bonds. The zero-order valence-electron chi connectivity index (χ0n) is 17.1. The van der Waals surface area contributed by atoms with Crippen molar-refractivity contribution in [3.05, 3.63) is 17.0 Å². The fraction of sp³-hybridized carbons (Fsp3) is 0.722. The third kappa shape index (κ3) is 4.16. The Hall–Kier alpha value is -2.10. The number of ether oxygens (including phenoxy) is 1. The van der Waals surface area contributed by atoms with Gasteiger partial charge in [-0.25, -0.2) is 13.2 Å². The molecule has 28 heavy (non-hydrogen) atoms. The molecule has 1 unspecified atom stereocenters. The van der Waals surface area contributed by atoms with Gasteiger partial charge >= 0.3 is 6.09 Å². The molecule has 0 spiro atoms. The molecule has 3 rings (SSSR count). The van der Waals surface area contributed by atoms with Crippen molar-refractivity contribution in [3.8, 4) is 0 Å². The maximum absolute atomic E-state index is 13.1. The minimum Gasteiger partial charge on any atom is -0.444 e. The molecule has 3 heterocycles. The molecule has 1 fully saturated rings. The van der Waals surface area contributed by atoms with Crippen LogP contribution in [0.15, 0.2) is 0 Å². The quantitative estimate of drug-likeness (QED) is 0.717. The van der Waals surface area contributed by atoms with E-state index in [9.17, 15) is 18.0 Å². The second-order valence-electron chi connectivity index (χ2n) is 8.52. The number of amides is 2. The van der Waals surface area contributed by atoms with Crippen molar-refractivity contribution in [2.75, 3.05) is 25.1 Å². The Morgan fingerprint density at radius 1 is 1.29 bits per heavy atom. The van der Waals surface area contributed by atoms with Gasteiger partial charge in [-0.3, -0.25) is 9.48 Å². The molecule has 0 aliphatic carbocycles. The Labute approximate surface area is 165 Å². The Bertz CT molecular complexity index is 900. The van der Waals surface area contributed by atoms with Gasteiger partial charge in [-0.15, -0.1) is 0 Å². The van der Waals surface area contributed by atoms with Crippen LogP contribution in [0, 0.1) is 0 Å². The first-order valence-electron chi connectivity index (χ1n) is 9.38. The third-order valence-corrected chi connectivity index (χ3v) is 6.88. The van der Waals surface area contributed by atoms with Crippen LogP contribution in [0.5, 0.6) is 0 Å². The van der Waals surface area contributed by atoms with Gasteiger partial charge < -0.3 is 14.5 Å². The molecule has 0 bridgehead atoms. The van der Waals surface area contributed by atoms with Crippen molar-refractivity contribution in [1.82, 2.24) is 19.6 Å². The number of rotatable bonds is 2. The highest BCUT2D eigenvalue weighted by molar-refractivity contribution is 7.91. The summed E-state index contributed by atoms with van der Waals surface area (Å²) >= 11 is 0. The smallest absolute Gasteiger partial charge is 0.410 e. The van der Waals surface area contributed by atoms with E-state index in [4.69, 9.17) is 4.74 Å². The lowest BCUT2D eigenvalue weighted by atomic mass is 10.0. The van der Waals surface area contributed by atoms with E-state index in [1.54, 1.807) is 19.0 Å². The first-order valence-corrected chi connectivity index (χ1v) is 11.2. The fourth-order valence-corrected chi connectivity index (χ4v) is 5.44. The van der Waals surface area contributed by atoms with Gasteiger partial charge in [-0.1, -0.05) is 0 Å². The number of carbonyl (C=O) groups excluding carboxylic acids is 2. The van der Waals surface area contributed by atoms with Gasteiger partial charge in [0.1, 0.15) is 11.3 Å². The molecular weight excluding hydrogens is 384 g/mol. The Morgan fingerprint density at radius 3 is 2.54 bits per heavy atom. The maximum Gasteiger partial charge on any atom is 0.410 e. The van der Waals surface area contributed by atoms with Crippen molar-refractivity contribution < 1.29 is 22.7 Å². The first kappa shape index (κ1) is 20.6. The summed E-state index contributed by atoms with van der Waals surface area (Å²) in [5, 5.41) is 4.45. The Kier molecular flexibility index (Phi) is 5.20. The molecule has 0 N–H and O–H groups in total. The van der Waals surface area contributed by atoms with Gasteiger partial charge in [-0.05, 0) is 27.2 Å². The highest BCUT2D eigenvalue weighted by atomic mass is 32.2. The summed E-state index contributed by atoms with van der Waals surface area (Å²) in [7, 11) is 0.230. The zero-order chi connectivity index (χ0) is 20.9. The van der Waals surface area contributed by atoms with Crippen LogP contribution in [0.1, 0.15) is 48.9 Å². The average molecular weight is 413 g/mol. The van der Waals surface area contributed by atoms with E-state index in [-0.39, 0.29) is 30.0 Å². The normalized spacial score (nSPS) is 21.3. The van der Waals surface area contributed by atoms with E-state index >= 15 is 0 Å².